The lowest BCUT2D eigenvalue weighted by molar-refractivity contribution is 0.248. The molecule has 0 aliphatic heterocycles. The van der Waals surface area contributed by atoms with Gasteiger partial charge in [-0.25, -0.2) is 4.98 Å². The molecule has 2 fully saturated rings. The summed E-state index contributed by atoms with van der Waals surface area (Å²) < 4.78 is 0. The number of rotatable bonds is 6. The van der Waals surface area contributed by atoms with Crippen LogP contribution in [0.15, 0.2) is 0 Å². The molecule has 2 nitrogen and oxygen atoms in total. The van der Waals surface area contributed by atoms with Crippen LogP contribution in [-0.2, 0) is 6.42 Å². The van der Waals surface area contributed by atoms with E-state index in [1.54, 1.807) is 0 Å². The molecular formula is C16H26N2S. The Morgan fingerprint density at radius 1 is 1.32 bits per heavy atom. The maximum atomic E-state index is 4.78. The summed E-state index contributed by atoms with van der Waals surface area (Å²) in [7, 11) is 0. The lowest BCUT2D eigenvalue weighted by atomic mass is 9.80. The van der Waals surface area contributed by atoms with Crippen molar-refractivity contribution < 1.29 is 0 Å². The Morgan fingerprint density at radius 2 is 2.05 bits per heavy atom. The Labute approximate surface area is 121 Å². The van der Waals surface area contributed by atoms with Crippen molar-refractivity contribution in [3.8, 4) is 0 Å². The van der Waals surface area contributed by atoms with E-state index in [1.807, 2.05) is 11.3 Å². The average Bonchev–Trinajstić information content (AvgIpc) is 2.85. The first-order chi connectivity index (χ1) is 9.12. The highest BCUT2D eigenvalue weighted by atomic mass is 32.1. The number of thiazole rings is 1. The standard InChI is InChI=1S/C16H26N2S/c1-4-5-17-10-16(7-13-6-14(13)8-16)9-15-18-11(2)12(3)19-15/h13-14,17H,4-10H2,1-3H3. The van der Waals surface area contributed by atoms with Gasteiger partial charge in [-0.2, -0.15) is 0 Å². The fourth-order valence-electron chi connectivity index (χ4n) is 3.82. The van der Waals surface area contributed by atoms with E-state index in [9.17, 15) is 0 Å². The highest BCUT2D eigenvalue weighted by Gasteiger charge is 2.53. The maximum Gasteiger partial charge on any atom is 0.0936 e. The number of nitrogens with zero attached hydrogens (tertiary/aromatic N) is 1. The lowest BCUT2D eigenvalue weighted by Crippen LogP contribution is -2.35. The lowest BCUT2D eigenvalue weighted by Gasteiger charge is -2.30. The minimum absolute atomic E-state index is 0.513. The normalized spacial score (nSPS) is 32.6. The van der Waals surface area contributed by atoms with Crippen molar-refractivity contribution >= 4 is 11.3 Å². The van der Waals surface area contributed by atoms with E-state index in [0.717, 1.165) is 18.4 Å². The van der Waals surface area contributed by atoms with Crippen molar-refractivity contribution in [3.63, 3.8) is 0 Å². The van der Waals surface area contributed by atoms with Crippen LogP contribution in [0, 0.1) is 31.1 Å². The Bertz CT molecular complexity index is 422. The minimum atomic E-state index is 0.513. The summed E-state index contributed by atoms with van der Waals surface area (Å²) in [6.07, 6.45) is 6.82. The van der Waals surface area contributed by atoms with Crippen LogP contribution in [0.5, 0.6) is 0 Å². The summed E-state index contributed by atoms with van der Waals surface area (Å²) in [5.41, 5.74) is 1.75. The van der Waals surface area contributed by atoms with Crippen LogP contribution in [0.4, 0.5) is 0 Å². The number of aromatic nitrogens is 1. The van der Waals surface area contributed by atoms with Crippen molar-refractivity contribution in [1.82, 2.24) is 10.3 Å². The number of aryl methyl sites for hydroxylation is 2. The predicted octanol–water partition coefficient (Wildman–Crippen LogP) is 3.72. The van der Waals surface area contributed by atoms with Gasteiger partial charge in [0.1, 0.15) is 0 Å². The maximum absolute atomic E-state index is 4.78. The van der Waals surface area contributed by atoms with E-state index in [0.29, 0.717) is 5.41 Å². The molecule has 3 rings (SSSR count). The molecule has 2 unspecified atom stereocenters. The van der Waals surface area contributed by atoms with Crippen molar-refractivity contribution in [2.75, 3.05) is 13.1 Å². The first-order valence-corrected chi connectivity index (χ1v) is 8.57. The van der Waals surface area contributed by atoms with Crippen LogP contribution in [0.25, 0.3) is 0 Å². The van der Waals surface area contributed by atoms with Crippen LogP contribution >= 0.6 is 11.3 Å². The quantitative estimate of drug-likeness (QED) is 0.802. The largest absolute Gasteiger partial charge is 0.316 e. The second-order valence-electron chi connectivity index (χ2n) is 6.77. The van der Waals surface area contributed by atoms with Gasteiger partial charge in [0.15, 0.2) is 0 Å². The minimum Gasteiger partial charge on any atom is -0.316 e. The second-order valence-corrected chi connectivity index (χ2v) is 8.05. The number of fused-ring (bicyclic) bond motifs is 1. The Morgan fingerprint density at radius 3 is 2.63 bits per heavy atom. The fourth-order valence-corrected chi connectivity index (χ4v) is 4.93. The van der Waals surface area contributed by atoms with Gasteiger partial charge >= 0.3 is 0 Å². The van der Waals surface area contributed by atoms with Crippen molar-refractivity contribution in [3.05, 3.63) is 15.6 Å². The van der Waals surface area contributed by atoms with Crippen LogP contribution in [0.2, 0.25) is 0 Å². The molecule has 0 saturated heterocycles. The monoisotopic (exact) mass is 278 g/mol. The molecular weight excluding hydrogens is 252 g/mol. The molecule has 0 radical (unpaired) electrons. The third kappa shape index (κ3) is 2.87. The highest BCUT2D eigenvalue weighted by Crippen LogP contribution is 2.60. The number of nitrogens with one attached hydrogen (secondary N) is 1. The molecule has 3 heteroatoms. The second kappa shape index (κ2) is 5.17. The fraction of sp³-hybridized carbons (Fsp3) is 0.812. The van der Waals surface area contributed by atoms with E-state index in [4.69, 9.17) is 4.98 Å². The molecule has 2 saturated carbocycles. The molecule has 0 bridgehead atoms. The van der Waals surface area contributed by atoms with Gasteiger partial charge in [0.05, 0.1) is 10.7 Å². The summed E-state index contributed by atoms with van der Waals surface area (Å²) in [5.74, 6) is 2.09. The number of hydrogen-bond donors (Lipinski definition) is 1. The molecule has 1 N–H and O–H groups in total. The molecule has 0 amide bonds. The molecule has 2 aliphatic rings. The Balaban J connectivity index is 1.68. The molecule has 1 aromatic rings. The van der Waals surface area contributed by atoms with Gasteiger partial charge in [0.2, 0.25) is 0 Å². The van der Waals surface area contributed by atoms with Crippen LogP contribution in [0.3, 0.4) is 0 Å². The third-order valence-corrected chi connectivity index (χ3v) is 6.06. The van der Waals surface area contributed by atoms with Gasteiger partial charge in [-0.3, -0.25) is 0 Å². The van der Waals surface area contributed by atoms with E-state index < -0.39 is 0 Å². The summed E-state index contributed by atoms with van der Waals surface area (Å²) in [4.78, 5) is 6.18. The summed E-state index contributed by atoms with van der Waals surface area (Å²) >= 11 is 1.92. The molecule has 19 heavy (non-hydrogen) atoms. The molecule has 2 aliphatic carbocycles. The average molecular weight is 278 g/mol. The summed E-state index contributed by atoms with van der Waals surface area (Å²) in [6, 6.07) is 0. The zero-order valence-electron chi connectivity index (χ0n) is 12.5. The van der Waals surface area contributed by atoms with E-state index in [2.05, 4.69) is 26.1 Å². The molecule has 0 aromatic carbocycles. The van der Waals surface area contributed by atoms with Gasteiger partial charge in [-0.15, -0.1) is 11.3 Å². The smallest absolute Gasteiger partial charge is 0.0936 e. The van der Waals surface area contributed by atoms with Crippen molar-refractivity contribution in [1.29, 1.82) is 0 Å². The zero-order valence-corrected chi connectivity index (χ0v) is 13.3. The predicted molar refractivity (Wildman–Crippen MR) is 81.7 cm³/mol. The third-order valence-electron chi connectivity index (χ3n) is 4.99. The van der Waals surface area contributed by atoms with Crippen molar-refractivity contribution in [2.24, 2.45) is 17.3 Å². The number of hydrogen-bond acceptors (Lipinski definition) is 3. The van der Waals surface area contributed by atoms with Gasteiger partial charge in [-0.05, 0) is 63.3 Å². The van der Waals surface area contributed by atoms with E-state index >= 15 is 0 Å². The van der Waals surface area contributed by atoms with E-state index in [1.165, 1.54) is 54.2 Å². The Hall–Kier alpha value is -0.410. The molecule has 1 heterocycles. The van der Waals surface area contributed by atoms with Crippen LogP contribution in [0.1, 0.15) is 48.2 Å². The Kier molecular flexibility index (Phi) is 3.69. The van der Waals surface area contributed by atoms with Crippen molar-refractivity contribution in [2.45, 2.75) is 52.9 Å². The molecule has 1 aromatic heterocycles. The summed E-state index contributed by atoms with van der Waals surface area (Å²) in [6.45, 7) is 8.95. The molecule has 106 valence electrons. The first kappa shape index (κ1) is 13.6. The highest BCUT2D eigenvalue weighted by molar-refractivity contribution is 7.11. The first-order valence-electron chi connectivity index (χ1n) is 7.75. The van der Waals surface area contributed by atoms with Gasteiger partial charge in [0.25, 0.3) is 0 Å². The van der Waals surface area contributed by atoms with Gasteiger partial charge < -0.3 is 5.32 Å². The van der Waals surface area contributed by atoms with Gasteiger partial charge in [0, 0.05) is 17.8 Å². The SMILES string of the molecule is CCCNCC1(Cc2nc(C)c(C)s2)CC2CC2C1. The molecule has 2 atom stereocenters. The van der Waals surface area contributed by atoms with Gasteiger partial charge in [-0.1, -0.05) is 6.92 Å². The molecule has 0 spiro atoms. The van der Waals surface area contributed by atoms with Crippen LogP contribution < -0.4 is 5.32 Å². The topological polar surface area (TPSA) is 24.9 Å². The van der Waals surface area contributed by atoms with Crippen LogP contribution in [-0.4, -0.2) is 18.1 Å². The zero-order chi connectivity index (χ0) is 13.5. The van der Waals surface area contributed by atoms with E-state index in [-0.39, 0.29) is 0 Å². The summed E-state index contributed by atoms with van der Waals surface area (Å²) in [5, 5.41) is 5.05.